The molecule has 0 aliphatic carbocycles. The van der Waals surface area contributed by atoms with E-state index in [1.165, 1.54) is 12.1 Å². The molecule has 23 heavy (non-hydrogen) atoms. The lowest BCUT2D eigenvalue weighted by Gasteiger charge is -2.11. The molecule has 0 saturated carbocycles. The van der Waals surface area contributed by atoms with E-state index in [4.69, 9.17) is 0 Å². The number of thioether (sulfide) groups is 1. The van der Waals surface area contributed by atoms with Crippen LogP contribution in [-0.4, -0.2) is 30.5 Å². The number of benzene rings is 2. The molecule has 122 valence electrons. The molecule has 0 saturated heterocycles. The molecule has 0 radical (unpaired) electrons. The third-order valence-electron chi connectivity index (χ3n) is 3.14. The minimum atomic E-state index is -3.51. The van der Waals surface area contributed by atoms with Gasteiger partial charge >= 0.3 is 0 Å². The second-order valence-electron chi connectivity index (χ2n) is 4.90. The maximum atomic E-state index is 11.5. The summed E-state index contributed by atoms with van der Waals surface area (Å²) in [5.41, 5.74) is 0.439. The van der Waals surface area contributed by atoms with Gasteiger partial charge < -0.3 is 5.11 Å². The van der Waals surface area contributed by atoms with Crippen LogP contribution < -0.4 is 0 Å². The molecule has 0 spiro atoms. The fourth-order valence-electron chi connectivity index (χ4n) is 1.93. The Morgan fingerprint density at radius 2 is 1.87 bits per heavy atom. The topological polar surface area (TPSA) is 97.5 Å². The van der Waals surface area contributed by atoms with Gasteiger partial charge in [0.15, 0.2) is 9.84 Å². The lowest BCUT2D eigenvalue weighted by atomic mass is 10.1. The Morgan fingerprint density at radius 3 is 2.43 bits per heavy atom. The van der Waals surface area contributed by atoms with Gasteiger partial charge in [-0.1, -0.05) is 30.3 Å². The molecule has 0 amide bonds. The summed E-state index contributed by atoms with van der Waals surface area (Å²) < 4.78 is 23.0. The molecule has 0 aromatic heterocycles. The van der Waals surface area contributed by atoms with Crippen LogP contribution in [0.2, 0.25) is 0 Å². The highest BCUT2D eigenvalue weighted by molar-refractivity contribution is 7.99. The van der Waals surface area contributed by atoms with Crippen molar-refractivity contribution in [3.05, 3.63) is 64.2 Å². The van der Waals surface area contributed by atoms with Gasteiger partial charge in [0.2, 0.25) is 0 Å². The molecule has 8 heteroatoms. The Labute approximate surface area is 138 Å². The van der Waals surface area contributed by atoms with Crippen LogP contribution in [0.4, 0.5) is 5.69 Å². The molecule has 2 aromatic rings. The first-order valence-electron chi connectivity index (χ1n) is 6.63. The van der Waals surface area contributed by atoms with E-state index in [1.54, 1.807) is 24.3 Å². The van der Waals surface area contributed by atoms with Crippen molar-refractivity contribution in [2.75, 3.05) is 12.0 Å². The maximum absolute atomic E-state index is 11.5. The number of hydrogen-bond donors (Lipinski definition) is 1. The minimum Gasteiger partial charge on any atom is -0.388 e. The van der Waals surface area contributed by atoms with E-state index in [0.29, 0.717) is 4.90 Å². The first-order valence-corrected chi connectivity index (χ1v) is 9.51. The molecule has 0 aliphatic rings. The number of aliphatic hydroxyl groups excluding tert-OH is 1. The summed E-state index contributed by atoms with van der Waals surface area (Å²) in [5.74, 6) is 0.225. The quantitative estimate of drug-likeness (QED) is 0.487. The van der Waals surface area contributed by atoms with Crippen LogP contribution in [0.1, 0.15) is 11.7 Å². The molecule has 1 N–H and O–H groups in total. The summed E-state index contributed by atoms with van der Waals surface area (Å²) in [6, 6.07) is 12.7. The third-order valence-corrected chi connectivity index (χ3v) is 5.39. The zero-order valence-corrected chi connectivity index (χ0v) is 13.9. The van der Waals surface area contributed by atoms with E-state index in [-0.39, 0.29) is 16.3 Å². The molecule has 1 unspecified atom stereocenters. The molecule has 0 fully saturated rings. The zero-order valence-electron chi connectivity index (χ0n) is 12.2. The van der Waals surface area contributed by atoms with Crippen LogP contribution in [0.25, 0.3) is 0 Å². The Bertz CT molecular complexity index is 806. The van der Waals surface area contributed by atoms with E-state index in [2.05, 4.69) is 0 Å². The van der Waals surface area contributed by atoms with Gasteiger partial charge in [-0.15, -0.1) is 11.8 Å². The van der Waals surface area contributed by atoms with E-state index >= 15 is 0 Å². The normalized spacial score (nSPS) is 12.8. The second-order valence-corrected chi connectivity index (χ2v) is 7.97. The van der Waals surface area contributed by atoms with Crippen LogP contribution in [0.15, 0.2) is 58.3 Å². The molecular weight excluding hydrogens is 338 g/mol. The number of sulfone groups is 1. The van der Waals surface area contributed by atoms with Crippen LogP contribution in [0.5, 0.6) is 0 Å². The van der Waals surface area contributed by atoms with Crippen molar-refractivity contribution < 1.29 is 18.4 Å². The van der Waals surface area contributed by atoms with Crippen LogP contribution >= 0.6 is 11.8 Å². The lowest BCUT2D eigenvalue weighted by molar-refractivity contribution is -0.388. The predicted molar refractivity (Wildman–Crippen MR) is 88.3 cm³/mol. The molecule has 6 nitrogen and oxygen atoms in total. The average molecular weight is 353 g/mol. The second kappa shape index (κ2) is 7.12. The number of nitrogens with zero attached hydrogens (tertiary/aromatic N) is 1. The first kappa shape index (κ1) is 17.5. The van der Waals surface area contributed by atoms with Gasteiger partial charge in [0.05, 0.1) is 20.8 Å². The van der Waals surface area contributed by atoms with E-state index < -0.39 is 20.9 Å². The number of aliphatic hydroxyl groups is 1. The van der Waals surface area contributed by atoms with Crippen LogP contribution in [0, 0.1) is 10.1 Å². The summed E-state index contributed by atoms with van der Waals surface area (Å²) in [4.78, 5) is 10.7. The van der Waals surface area contributed by atoms with Crippen molar-refractivity contribution in [1.82, 2.24) is 0 Å². The average Bonchev–Trinajstić information content (AvgIpc) is 2.52. The van der Waals surface area contributed by atoms with E-state index in [9.17, 15) is 23.6 Å². The van der Waals surface area contributed by atoms with Gasteiger partial charge in [0.25, 0.3) is 5.69 Å². The Kier molecular flexibility index (Phi) is 5.40. The number of rotatable bonds is 6. The van der Waals surface area contributed by atoms with Gasteiger partial charge in [-0.05, 0) is 17.7 Å². The van der Waals surface area contributed by atoms with Crippen LogP contribution in [0.3, 0.4) is 0 Å². The third kappa shape index (κ3) is 4.54. The fraction of sp³-hybridized carbons (Fsp3) is 0.200. The molecular formula is C15H15NO5S2. The summed E-state index contributed by atoms with van der Waals surface area (Å²) in [5, 5.41) is 21.3. The molecule has 2 aromatic carbocycles. The fourth-order valence-corrected chi connectivity index (χ4v) is 3.55. The van der Waals surface area contributed by atoms with Gasteiger partial charge in [-0.2, -0.15) is 0 Å². The van der Waals surface area contributed by atoms with Crippen molar-refractivity contribution in [1.29, 1.82) is 0 Å². The molecule has 0 aliphatic heterocycles. The van der Waals surface area contributed by atoms with Gasteiger partial charge in [0.1, 0.15) is 0 Å². The standard InChI is InChI=1S/C15H15NO5S2/c1-23(20,21)12-7-8-15(13(9-12)16(18)19)22-10-14(17)11-5-3-2-4-6-11/h2-9,14,17H,10H2,1H3. The zero-order chi connectivity index (χ0) is 17.0. The van der Waals surface area contributed by atoms with Crippen molar-refractivity contribution in [3.8, 4) is 0 Å². The first-order chi connectivity index (χ1) is 10.8. The van der Waals surface area contributed by atoms with Gasteiger partial charge in [0, 0.05) is 18.1 Å². The van der Waals surface area contributed by atoms with Crippen molar-refractivity contribution in [3.63, 3.8) is 0 Å². The number of nitro benzene ring substituents is 1. The van der Waals surface area contributed by atoms with Gasteiger partial charge in [-0.3, -0.25) is 10.1 Å². The summed E-state index contributed by atoms with van der Waals surface area (Å²) in [7, 11) is -3.51. The Morgan fingerprint density at radius 1 is 1.22 bits per heavy atom. The smallest absolute Gasteiger partial charge is 0.284 e. The van der Waals surface area contributed by atoms with Crippen molar-refractivity contribution in [2.45, 2.75) is 15.9 Å². The molecule has 0 heterocycles. The summed E-state index contributed by atoms with van der Waals surface area (Å²) in [6.45, 7) is 0. The van der Waals surface area contributed by atoms with Crippen molar-refractivity contribution >= 4 is 27.3 Å². The Balaban J connectivity index is 2.21. The highest BCUT2D eigenvalue weighted by atomic mass is 32.2. The predicted octanol–water partition coefficient (Wildman–Crippen LogP) is 2.82. The largest absolute Gasteiger partial charge is 0.388 e. The van der Waals surface area contributed by atoms with E-state index in [0.717, 1.165) is 29.6 Å². The van der Waals surface area contributed by atoms with Crippen molar-refractivity contribution in [2.24, 2.45) is 0 Å². The molecule has 0 bridgehead atoms. The van der Waals surface area contributed by atoms with Gasteiger partial charge in [-0.25, -0.2) is 8.42 Å². The minimum absolute atomic E-state index is 0.0999. The molecule has 1 atom stereocenters. The number of hydrogen-bond acceptors (Lipinski definition) is 6. The monoisotopic (exact) mass is 353 g/mol. The molecule has 2 rings (SSSR count). The Hall–Kier alpha value is -1.90. The maximum Gasteiger partial charge on any atom is 0.284 e. The van der Waals surface area contributed by atoms with Crippen LogP contribution in [-0.2, 0) is 9.84 Å². The number of nitro groups is 1. The lowest BCUT2D eigenvalue weighted by Crippen LogP contribution is -2.02. The highest BCUT2D eigenvalue weighted by Gasteiger charge is 2.20. The summed E-state index contributed by atoms with van der Waals surface area (Å²) in [6.07, 6.45) is 0.230. The van der Waals surface area contributed by atoms with E-state index in [1.807, 2.05) is 6.07 Å². The summed E-state index contributed by atoms with van der Waals surface area (Å²) >= 11 is 1.11. The SMILES string of the molecule is CS(=O)(=O)c1ccc(SCC(O)c2ccccc2)c([N+](=O)[O-])c1. The highest BCUT2D eigenvalue weighted by Crippen LogP contribution is 2.33.